The smallest absolute Gasteiger partial charge is 0.250 e. The van der Waals surface area contributed by atoms with Crippen molar-refractivity contribution in [1.82, 2.24) is 5.43 Å². The predicted octanol–water partition coefficient (Wildman–Crippen LogP) is 0.785. The minimum Gasteiger partial charge on any atom is -0.507 e. The fourth-order valence-electron chi connectivity index (χ4n) is 1.05. The van der Waals surface area contributed by atoms with Gasteiger partial charge in [0.2, 0.25) is 5.91 Å². The molecule has 72 valence electrons. The fourth-order valence-corrected chi connectivity index (χ4v) is 1.47. The second kappa shape index (κ2) is 3.71. The van der Waals surface area contributed by atoms with Crippen LogP contribution in [0.2, 0.25) is 0 Å². The van der Waals surface area contributed by atoms with E-state index in [-0.39, 0.29) is 5.91 Å². The van der Waals surface area contributed by atoms with Gasteiger partial charge in [-0.2, -0.15) is 5.10 Å². The summed E-state index contributed by atoms with van der Waals surface area (Å²) in [5.41, 5.74) is 3.90. The number of carbonyl (C=O) groups is 1. The van der Waals surface area contributed by atoms with E-state index >= 15 is 0 Å². The summed E-state index contributed by atoms with van der Waals surface area (Å²) in [7, 11) is 0. The molecule has 1 amide bonds. The van der Waals surface area contributed by atoms with Gasteiger partial charge < -0.3 is 5.11 Å². The standard InChI is InChI=1S/C6H4O.C3H4N2OS/c7-6-3-4-1-2-5(4)6;6-3-1-7-2-4-5-3/h1-3,7H;2H,1H2,(H,5,6). The number of phenols is 1. The molecule has 4 nitrogen and oxygen atoms in total. The van der Waals surface area contributed by atoms with Gasteiger partial charge >= 0.3 is 0 Å². The summed E-state index contributed by atoms with van der Waals surface area (Å²) in [6.07, 6.45) is 0. The number of hydrazone groups is 1. The molecular weight excluding hydrogens is 200 g/mol. The van der Waals surface area contributed by atoms with Gasteiger partial charge in [-0.3, -0.25) is 4.79 Å². The minimum absolute atomic E-state index is 0.0208. The van der Waals surface area contributed by atoms with Crippen molar-refractivity contribution in [3.05, 3.63) is 28.6 Å². The van der Waals surface area contributed by atoms with Gasteiger partial charge in [-0.05, 0) is 11.3 Å². The van der Waals surface area contributed by atoms with Crippen molar-refractivity contribution in [2.24, 2.45) is 5.10 Å². The Morgan fingerprint density at radius 2 is 2.36 bits per heavy atom. The van der Waals surface area contributed by atoms with Gasteiger partial charge in [0.05, 0.1) is 11.3 Å². The first-order chi connectivity index (χ1) is 6.77. The maximum atomic E-state index is 10.2. The number of nitrogens with zero attached hydrogens (tertiary/aromatic N) is 1. The molecule has 0 saturated heterocycles. The van der Waals surface area contributed by atoms with Crippen LogP contribution in [0.3, 0.4) is 0 Å². The SMILES string of the molecule is O=C1CSC=NN1.Oc1cc2ccc1=2. The number of hydrogen-bond acceptors (Lipinski definition) is 4. The van der Waals surface area contributed by atoms with E-state index in [4.69, 9.17) is 5.11 Å². The third-order valence-electron chi connectivity index (χ3n) is 1.84. The topological polar surface area (TPSA) is 61.7 Å². The van der Waals surface area contributed by atoms with Crippen molar-refractivity contribution in [1.29, 1.82) is 0 Å². The third-order valence-corrected chi connectivity index (χ3v) is 2.52. The largest absolute Gasteiger partial charge is 0.507 e. The Hall–Kier alpha value is -1.49. The van der Waals surface area contributed by atoms with Crippen LogP contribution in [0.15, 0.2) is 23.3 Å². The lowest BCUT2D eigenvalue weighted by Crippen LogP contribution is -2.22. The number of hydrogen-bond donors (Lipinski definition) is 2. The highest BCUT2D eigenvalue weighted by Crippen LogP contribution is 2.21. The van der Waals surface area contributed by atoms with Gasteiger partial charge in [0, 0.05) is 5.22 Å². The van der Waals surface area contributed by atoms with Crippen LogP contribution in [-0.2, 0) is 4.79 Å². The summed E-state index contributed by atoms with van der Waals surface area (Å²) >= 11 is 1.40. The average molecular weight is 208 g/mol. The summed E-state index contributed by atoms with van der Waals surface area (Å²) in [6, 6.07) is 5.65. The van der Waals surface area contributed by atoms with Crippen molar-refractivity contribution in [3.63, 3.8) is 0 Å². The van der Waals surface area contributed by atoms with Crippen LogP contribution >= 0.6 is 11.8 Å². The molecule has 0 saturated carbocycles. The lowest BCUT2D eigenvalue weighted by atomic mass is 10.1. The normalized spacial score (nSPS) is 15.3. The lowest BCUT2D eigenvalue weighted by Gasteiger charge is -2.02. The molecule has 0 aromatic heterocycles. The van der Waals surface area contributed by atoms with Gasteiger partial charge in [0.25, 0.3) is 0 Å². The number of thioether (sulfide) groups is 1. The molecule has 2 N–H and O–H groups in total. The number of nitrogens with one attached hydrogen (secondary N) is 1. The van der Waals surface area contributed by atoms with E-state index in [1.54, 1.807) is 11.6 Å². The maximum absolute atomic E-state index is 10.2. The summed E-state index contributed by atoms with van der Waals surface area (Å²) in [6.45, 7) is 0. The monoisotopic (exact) mass is 208 g/mol. The molecule has 2 aliphatic carbocycles. The molecule has 0 unspecified atom stereocenters. The van der Waals surface area contributed by atoms with Crippen molar-refractivity contribution >= 4 is 23.2 Å². The summed E-state index contributed by atoms with van der Waals surface area (Å²) in [4.78, 5) is 10.2. The molecule has 1 heterocycles. The summed E-state index contributed by atoms with van der Waals surface area (Å²) in [5, 5.41) is 14.4. The zero-order valence-corrected chi connectivity index (χ0v) is 8.04. The van der Waals surface area contributed by atoms with Gasteiger partial charge in [0.15, 0.2) is 0 Å². The first kappa shape index (κ1) is 9.08. The maximum Gasteiger partial charge on any atom is 0.250 e. The number of rotatable bonds is 0. The molecule has 0 spiro atoms. The second-order valence-electron chi connectivity index (χ2n) is 2.81. The van der Waals surface area contributed by atoms with Crippen molar-refractivity contribution < 1.29 is 9.90 Å². The average Bonchev–Trinajstić information content (AvgIpc) is 2.16. The number of amides is 1. The highest BCUT2D eigenvalue weighted by atomic mass is 32.2. The van der Waals surface area contributed by atoms with E-state index in [0.717, 1.165) is 5.22 Å². The van der Waals surface area contributed by atoms with Crippen LogP contribution in [-0.4, -0.2) is 22.3 Å². The van der Waals surface area contributed by atoms with Crippen LogP contribution in [0.4, 0.5) is 0 Å². The highest BCUT2D eigenvalue weighted by Gasteiger charge is 2.01. The van der Waals surface area contributed by atoms with E-state index in [1.807, 2.05) is 12.1 Å². The molecule has 3 aliphatic rings. The Labute approximate surface area is 84.3 Å². The highest BCUT2D eigenvalue weighted by molar-refractivity contribution is 8.12. The van der Waals surface area contributed by atoms with Crippen molar-refractivity contribution in [2.75, 3.05) is 5.75 Å². The zero-order valence-electron chi connectivity index (χ0n) is 7.23. The Morgan fingerprint density at radius 1 is 1.50 bits per heavy atom. The van der Waals surface area contributed by atoms with Crippen LogP contribution in [0, 0.1) is 10.4 Å². The van der Waals surface area contributed by atoms with Gasteiger partial charge in [-0.25, -0.2) is 5.43 Å². The molecule has 0 radical (unpaired) electrons. The molecule has 0 aromatic carbocycles. The van der Waals surface area contributed by atoms with Crippen LogP contribution in [0.25, 0.3) is 0 Å². The van der Waals surface area contributed by atoms with E-state index in [2.05, 4.69) is 10.5 Å². The third kappa shape index (κ3) is 1.72. The summed E-state index contributed by atoms with van der Waals surface area (Å²) < 4.78 is 0. The molecule has 0 aromatic rings. The summed E-state index contributed by atoms with van der Waals surface area (Å²) in [5.74, 6) is 0.925. The quantitative estimate of drug-likeness (QED) is 0.672. The molecule has 14 heavy (non-hydrogen) atoms. The Morgan fingerprint density at radius 3 is 2.50 bits per heavy atom. The second-order valence-corrected chi connectivity index (χ2v) is 3.65. The Bertz CT molecular complexity index is 484. The first-order valence-corrected chi connectivity index (χ1v) is 5.07. The number of benzene rings is 1. The van der Waals surface area contributed by atoms with Crippen molar-refractivity contribution in [3.8, 4) is 5.75 Å². The van der Waals surface area contributed by atoms with Gasteiger partial charge in [-0.15, -0.1) is 11.8 Å². The van der Waals surface area contributed by atoms with Crippen molar-refractivity contribution in [2.45, 2.75) is 0 Å². The molecule has 0 atom stereocenters. The lowest BCUT2D eigenvalue weighted by molar-refractivity contribution is -0.118. The number of aromatic hydroxyl groups is 1. The predicted molar refractivity (Wildman–Crippen MR) is 54.9 cm³/mol. The molecule has 1 aliphatic heterocycles. The fraction of sp³-hybridized carbons (Fsp3) is 0.111. The van der Waals surface area contributed by atoms with Crippen LogP contribution in [0.5, 0.6) is 5.75 Å². The van der Waals surface area contributed by atoms with E-state index in [9.17, 15) is 4.79 Å². The van der Waals surface area contributed by atoms with E-state index in [1.165, 1.54) is 17.0 Å². The van der Waals surface area contributed by atoms with E-state index < -0.39 is 0 Å². The van der Waals surface area contributed by atoms with Crippen LogP contribution < -0.4 is 5.43 Å². The molecule has 3 rings (SSSR count). The molecular formula is C9H8N2O2S. The van der Waals surface area contributed by atoms with Gasteiger partial charge in [-0.1, -0.05) is 12.1 Å². The molecule has 5 heteroatoms. The Kier molecular flexibility index (Phi) is 2.41. The first-order valence-electron chi connectivity index (χ1n) is 4.03. The minimum atomic E-state index is -0.0208. The number of phenolic OH excluding ortho intramolecular Hbond substituents is 1. The van der Waals surface area contributed by atoms with Crippen LogP contribution in [0.1, 0.15) is 0 Å². The zero-order chi connectivity index (χ0) is 9.97. The molecule has 0 bridgehead atoms. The van der Waals surface area contributed by atoms with Gasteiger partial charge in [0.1, 0.15) is 5.75 Å². The van der Waals surface area contributed by atoms with E-state index in [0.29, 0.717) is 11.5 Å². The Balaban J connectivity index is 0.000000107. The number of carbonyl (C=O) groups excluding carboxylic acids is 1. The molecule has 0 fully saturated rings.